The normalized spacial score (nSPS) is 19.6. The van der Waals surface area contributed by atoms with Crippen molar-refractivity contribution in [3.63, 3.8) is 0 Å². The Bertz CT molecular complexity index is 1280. The lowest BCUT2D eigenvalue weighted by atomic mass is 9.92. The second-order valence-electron chi connectivity index (χ2n) is 11.2. The second kappa shape index (κ2) is 12.7. The number of nitrogens with zero attached hydrogens (tertiary/aromatic N) is 2. The van der Waals surface area contributed by atoms with Gasteiger partial charge in [-0.25, -0.2) is 0 Å². The molecule has 40 heavy (non-hydrogen) atoms. The number of rotatable bonds is 10. The van der Waals surface area contributed by atoms with Crippen molar-refractivity contribution in [3.8, 4) is 5.69 Å². The summed E-state index contributed by atoms with van der Waals surface area (Å²) in [6, 6.07) is 5.59. The summed E-state index contributed by atoms with van der Waals surface area (Å²) in [5, 5.41) is 3.50. The topological polar surface area (TPSA) is 133 Å². The molecule has 0 radical (unpaired) electrons. The van der Waals surface area contributed by atoms with Crippen LogP contribution in [-0.4, -0.2) is 72.0 Å². The van der Waals surface area contributed by atoms with Crippen molar-refractivity contribution in [3.05, 3.63) is 46.8 Å². The van der Waals surface area contributed by atoms with E-state index in [-0.39, 0.29) is 30.3 Å². The van der Waals surface area contributed by atoms with Crippen LogP contribution in [0, 0.1) is 6.92 Å². The zero-order valence-electron chi connectivity index (χ0n) is 23.8. The molecule has 2 aliphatic rings. The Balaban J connectivity index is 1.40. The first-order valence-electron chi connectivity index (χ1n) is 14.0. The monoisotopic (exact) mass is 552 g/mol. The molecule has 1 aromatic heterocycles. The summed E-state index contributed by atoms with van der Waals surface area (Å²) in [6.45, 7) is 3.73. The summed E-state index contributed by atoms with van der Waals surface area (Å²) in [7, 11) is 3.70. The number of ketones is 1. The molecule has 0 bridgehead atoms. The van der Waals surface area contributed by atoms with Crippen LogP contribution in [0.4, 0.5) is 5.69 Å². The lowest BCUT2D eigenvalue weighted by Crippen LogP contribution is -2.35. The van der Waals surface area contributed by atoms with Gasteiger partial charge in [0.05, 0.1) is 12.0 Å². The number of aromatic nitrogens is 1. The number of carbonyl (C=O) groups excluding carboxylic acids is 4. The lowest BCUT2D eigenvalue weighted by molar-refractivity contribution is -0.158. The summed E-state index contributed by atoms with van der Waals surface area (Å²) in [4.78, 5) is 50.5. The Hall–Kier alpha value is -3.66. The molecule has 0 aliphatic heterocycles. The van der Waals surface area contributed by atoms with E-state index in [4.69, 9.17) is 15.2 Å². The van der Waals surface area contributed by atoms with Gasteiger partial charge in [-0.1, -0.05) is 0 Å². The van der Waals surface area contributed by atoms with E-state index in [0.717, 1.165) is 48.2 Å². The minimum Gasteiger partial charge on any atom is -0.462 e. The molecule has 1 amide bonds. The molecule has 216 valence electrons. The number of ether oxygens (including phenoxy) is 2. The van der Waals surface area contributed by atoms with E-state index in [1.165, 1.54) is 6.92 Å². The van der Waals surface area contributed by atoms with Crippen molar-refractivity contribution in [2.75, 3.05) is 26.0 Å². The maximum atomic E-state index is 12.6. The van der Waals surface area contributed by atoms with Gasteiger partial charge >= 0.3 is 11.9 Å². The van der Waals surface area contributed by atoms with Crippen molar-refractivity contribution in [2.24, 2.45) is 5.73 Å². The van der Waals surface area contributed by atoms with E-state index in [0.29, 0.717) is 37.1 Å². The summed E-state index contributed by atoms with van der Waals surface area (Å²) >= 11 is 0. The zero-order chi connectivity index (χ0) is 29.0. The highest BCUT2D eigenvalue weighted by Gasteiger charge is 2.28. The number of likely N-dealkylation sites (N-methyl/N-ethyl adjacent to an activating group) is 1. The molecule has 2 aromatic rings. The van der Waals surface area contributed by atoms with Crippen molar-refractivity contribution >= 4 is 29.3 Å². The molecular formula is C30H40N4O6. The molecular weight excluding hydrogens is 512 g/mol. The zero-order valence-corrected chi connectivity index (χ0v) is 23.8. The summed E-state index contributed by atoms with van der Waals surface area (Å²) in [6.07, 6.45) is 6.31. The maximum Gasteiger partial charge on any atom is 0.309 e. The van der Waals surface area contributed by atoms with Crippen LogP contribution >= 0.6 is 0 Å². The molecule has 2 aliphatic carbocycles. The number of primary amides is 1. The number of carbonyl (C=O) groups is 4. The summed E-state index contributed by atoms with van der Waals surface area (Å²) in [5.41, 5.74) is 10.4. The van der Waals surface area contributed by atoms with E-state index < -0.39 is 18.0 Å². The molecule has 0 spiro atoms. The number of benzene rings is 1. The molecule has 1 heterocycles. The van der Waals surface area contributed by atoms with Gasteiger partial charge in [0.2, 0.25) is 0 Å². The molecule has 4 rings (SSSR count). The first-order chi connectivity index (χ1) is 19.0. The summed E-state index contributed by atoms with van der Waals surface area (Å²) < 4.78 is 13.0. The quantitative estimate of drug-likeness (QED) is 0.428. The first kappa shape index (κ1) is 29.3. The molecule has 1 fully saturated rings. The van der Waals surface area contributed by atoms with Gasteiger partial charge in [-0.15, -0.1) is 0 Å². The van der Waals surface area contributed by atoms with E-state index >= 15 is 0 Å². The van der Waals surface area contributed by atoms with Crippen LogP contribution in [0.5, 0.6) is 0 Å². The van der Waals surface area contributed by atoms with Crippen molar-refractivity contribution in [1.29, 1.82) is 0 Å². The number of hydrogen-bond donors (Lipinski definition) is 2. The average Bonchev–Trinajstić information content (AvgIpc) is 3.21. The SMILES string of the molecule is CC(=O)OC(CC(=O)O[C@H]1CC[C@H](Nc2cc(-n3cc(C)c4c3CCCC4=O)ccc2C(N)=O)CC1)CN(C)C. The maximum absolute atomic E-state index is 12.6. The van der Waals surface area contributed by atoms with Crippen LogP contribution in [0.25, 0.3) is 5.69 Å². The Morgan fingerprint density at radius 1 is 1.15 bits per heavy atom. The molecule has 1 unspecified atom stereocenters. The van der Waals surface area contributed by atoms with Crippen LogP contribution in [0.2, 0.25) is 0 Å². The highest BCUT2D eigenvalue weighted by Crippen LogP contribution is 2.32. The summed E-state index contributed by atoms with van der Waals surface area (Å²) in [5.74, 6) is -1.14. The van der Waals surface area contributed by atoms with Crippen LogP contribution in [0.1, 0.15) is 83.8 Å². The molecule has 3 N–H and O–H groups in total. The number of amides is 1. The van der Waals surface area contributed by atoms with Crippen LogP contribution < -0.4 is 11.1 Å². The van der Waals surface area contributed by atoms with E-state index in [1.807, 2.05) is 48.8 Å². The fourth-order valence-electron chi connectivity index (χ4n) is 5.85. The number of Topliss-reactive ketones (excluding diaryl/α,β-unsaturated/α-hetero) is 1. The third-order valence-electron chi connectivity index (χ3n) is 7.57. The first-order valence-corrected chi connectivity index (χ1v) is 14.0. The predicted molar refractivity (Wildman–Crippen MR) is 151 cm³/mol. The highest BCUT2D eigenvalue weighted by atomic mass is 16.6. The third-order valence-corrected chi connectivity index (χ3v) is 7.57. The Morgan fingerprint density at radius 3 is 2.52 bits per heavy atom. The Kier molecular flexibility index (Phi) is 9.29. The van der Waals surface area contributed by atoms with Crippen molar-refractivity contribution < 1.29 is 28.7 Å². The minimum atomic E-state index is -0.551. The van der Waals surface area contributed by atoms with Crippen molar-refractivity contribution in [2.45, 2.75) is 83.5 Å². The lowest BCUT2D eigenvalue weighted by Gasteiger charge is -2.30. The smallest absolute Gasteiger partial charge is 0.309 e. The molecule has 10 nitrogen and oxygen atoms in total. The average molecular weight is 553 g/mol. The third kappa shape index (κ3) is 7.10. The van der Waals surface area contributed by atoms with E-state index in [2.05, 4.69) is 5.32 Å². The number of aryl methyl sites for hydroxylation is 1. The fraction of sp³-hybridized carbons (Fsp3) is 0.533. The number of esters is 2. The van der Waals surface area contributed by atoms with Gasteiger partial charge in [-0.2, -0.15) is 0 Å². The molecule has 0 saturated heterocycles. The fourth-order valence-corrected chi connectivity index (χ4v) is 5.85. The Labute approximate surface area is 235 Å². The number of anilines is 1. The largest absolute Gasteiger partial charge is 0.462 e. The van der Waals surface area contributed by atoms with Crippen LogP contribution in [0.15, 0.2) is 24.4 Å². The van der Waals surface area contributed by atoms with E-state index in [1.54, 1.807) is 6.07 Å². The molecule has 10 heteroatoms. The van der Waals surface area contributed by atoms with Crippen LogP contribution in [-0.2, 0) is 25.5 Å². The van der Waals surface area contributed by atoms with Gasteiger partial charge in [0.15, 0.2) is 5.78 Å². The second-order valence-corrected chi connectivity index (χ2v) is 11.2. The van der Waals surface area contributed by atoms with Gasteiger partial charge in [-0.05, 0) is 83.3 Å². The van der Waals surface area contributed by atoms with Gasteiger partial charge in [-0.3, -0.25) is 19.2 Å². The minimum absolute atomic E-state index is 0.0128. The number of nitrogens with one attached hydrogen (secondary N) is 1. The molecule has 1 aromatic carbocycles. The highest BCUT2D eigenvalue weighted by molar-refractivity contribution is 6.00. The van der Waals surface area contributed by atoms with Gasteiger partial charge in [0, 0.05) is 54.8 Å². The van der Waals surface area contributed by atoms with E-state index in [9.17, 15) is 19.2 Å². The van der Waals surface area contributed by atoms with Gasteiger partial charge < -0.3 is 30.0 Å². The van der Waals surface area contributed by atoms with Crippen LogP contribution in [0.3, 0.4) is 0 Å². The van der Waals surface area contributed by atoms with Gasteiger partial charge in [0.25, 0.3) is 5.91 Å². The molecule has 1 atom stereocenters. The van der Waals surface area contributed by atoms with Gasteiger partial charge in [0.1, 0.15) is 12.2 Å². The Morgan fingerprint density at radius 2 is 1.88 bits per heavy atom. The number of nitrogens with two attached hydrogens (primary N) is 1. The standard InChI is InChI=1S/C30H40N4O6/c1-18-16-34(26-6-5-7-27(36)29(18)26)21-10-13-24(30(31)38)25(14-21)32-20-8-11-22(12-9-20)40-28(37)15-23(17-33(3)4)39-19(2)35/h10,13-14,16,20,22-23,32H,5-9,11-12,15,17H2,1-4H3,(H2,31,38)/t20-,22-,23?. The van der Waals surface area contributed by atoms with Crippen molar-refractivity contribution in [1.82, 2.24) is 9.47 Å². The number of hydrogen-bond acceptors (Lipinski definition) is 8. The number of fused-ring (bicyclic) bond motifs is 1. The molecule has 1 saturated carbocycles. The predicted octanol–water partition coefficient (Wildman–Crippen LogP) is 3.55.